The summed E-state index contributed by atoms with van der Waals surface area (Å²) < 4.78 is 12.4. The first kappa shape index (κ1) is 8.64. The van der Waals surface area contributed by atoms with Crippen molar-refractivity contribution in [3.05, 3.63) is 24.5 Å². The van der Waals surface area contributed by atoms with Crippen LogP contribution in [0.25, 0.3) is 0 Å². The molecule has 0 saturated heterocycles. The van der Waals surface area contributed by atoms with Crippen LogP contribution in [0.2, 0.25) is 0 Å². The fourth-order valence-corrected chi connectivity index (χ4v) is 0.677. The van der Waals surface area contributed by atoms with E-state index >= 15 is 0 Å². The van der Waals surface area contributed by atoms with Gasteiger partial charge in [-0.15, -0.1) is 0 Å². The number of hydrogen-bond donors (Lipinski definition) is 1. The van der Waals surface area contributed by atoms with Gasteiger partial charge in [-0.05, 0) is 19.1 Å². The predicted octanol–water partition coefficient (Wildman–Crippen LogP) is 1.38. The SMILES string of the molecule is CC(F)C(=O)Nc1ccncc1. The normalized spacial score (nSPS) is 12.2. The third kappa shape index (κ3) is 2.30. The minimum absolute atomic E-state index is 0.555. The van der Waals surface area contributed by atoms with Gasteiger partial charge in [-0.25, -0.2) is 4.39 Å². The molecule has 1 rings (SSSR count). The summed E-state index contributed by atoms with van der Waals surface area (Å²) >= 11 is 0. The molecule has 4 heteroatoms. The molecule has 64 valence electrons. The van der Waals surface area contributed by atoms with Crippen molar-refractivity contribution in [3.63, 3.8) is 0 Å². The van der Waals surface area contributed by atoms with E-state index in [0.29, 0.717) is 5.69 Å². The van der Waals surface area contributed by atoms with Gasteiger partial charge in [0.25, 0.3) is 5.91 Å². The molecule has 1 aromatic rings. The zero-order valence-electron chi connectivity index (χ0n) is 6.62. The number of carbonyl (C=O) groups is 1. The maximum absolute atomic E-state index is 12.4. The van der Waals surface area contributed by atoms with Crippen molar-refractivity contribution in [2.24, 2.45) is 0 Å². The predicted molar refractivity (Wildman–Crippen MR) is 43.4 cm³/mol. The maximum Gasteiger partial charge on any atom is 0.258 e. The number of nitrogens with one attached hydrogen (secondary N) is 1. The molecule has 1 heterocycles. The second kappa shape index (κ2) is 3.80. The number of anilines is 1. The Bertz CT molecular complexity index is 261. The number of pyridine rings is 1. The zero-order chi connectivity index (χ0) is 8.97. The number of alkyl halides is 1. The summed E-state index contributed by atoms with van der Waals surface area (Å²) in [5.41, 5.74) is 0.555. The number of halogens is 1. The van der Waals surface area contributed by atoms with E-state index in [9.17, 15) is 9.18 Å². The zero-order valence-corrected chi connectivity index (χ0v) is 6.62. The highest BCUT2D eigenvalue weighted by atomic mass is 19.1. The lowest BCUT2D eigenvalue weighted by molar-refractivity contribution is -0.120. The number of aromatic nitrogens is 1. The summed E-state index contributed by atoms with van der Waals surface area (Å²) in [6.45, 7) is 1.19. The summed E-state index contributed by atoms with van der Waals surface area (Å²) in [6.07, 6.45) is 1.56. The summed E-state index contributed by atoms with van der Waals surface area (Å²) in [5.74, 6) is -0.638. The smallest absolute Gasteiger partial charge is 0.258 e. The molecule has 0 bridgehead atoms. The molecule has 1 amide bonds. The Morgan fingerprint density at radius 1 is 1.58 bits per heavy atom. The van der Waals surface area contributed by atoms with Gasteiger partial charge < -0.3 is 5.32 Å². The molecular weight excluding hydrogens is 159 g/mol. The van der Waals surface area contributed by atoms with Gasteiger partial charge in [-0.3, -0.25) is 9.78 Å². The highest BCUT2D eigenvalue weighted by Crippen LogP contribution is 2.04. The summed E-state index contributed by atoms with van der Waals surface area (Å²) in [6, 6.07) is 3.20. The number of amides is 1. The van der Waals surface area contributed by atoms with Gasteiger partial charge in [-0.2, -0.15) is 0 Å². The Hall–Kier alpha value is -1.45. The monoisotopic (exact) mass is 168 g/mol. The van der Waals surface area contributed by atoms with Gasteiger partial charge in [-0.1, -0.05) is 0 Å². The van der Waals surface area contributed by atoms with Gasteiger partial charge in [0.1, 0.15) is 0 Å². The Balaban J connectivity index is 2.59. The molecule has 0 aromatic carbocycles. The van der Waals surface area contributed by atoms with Crippen molar-refractivity contribution in [2.45, 2.75) is 13.1 Å². The number of nitrogens with zero attached hydrogens (tertiary/aromatic N) is 1. The fourth-order valence-electron chi connectivity index (χ4n) is 0.677. The molecule has 0 saturated carbocycles. The quantitative estimate of drug-likeness (QED) is 0.724. The topological polar surface area (TPSA) is 42.0 Å². The lowest BCUT2D eigenvalue weighted by atomic mass is 10.3. The molecule has 0 aliphatic rings. The van der Waals surface area contributed by atoms with Crippen molar-refractivity contribution in [2.75, 3.05) is 5.32 Å². The largest absolute Gasteiger partial charge is 0.323 e. The molecule has 0 aliphatic heterocycles. The van der Waals surface area contributed by atoms with Crippen molar-refractivity contribution < 1.29 is 9.18 Å². The second-order valence-corrected chi connectivity index (χ2v) is 2.34. The first-order valence-electron chi connectivity index (χ1n) is 3.55. The fraction of sp³-hybridized carbons (Fsp3) is 0.250. The summed E-state index contributed by atoms with van der Waals surface area (Å²) in [4.78, 5) is 14.6. The van der Waals surface area contributed by atoms with Crippen LogP contribution in [-0.2, 0) is 4.79 Å². The van der Waals surface area contributed by atoms with Crippen LogP contribution in [0.5, 0.6) is 0 Å². The number of hydrogen-bond acceptors (Lipinski definition) is 2. The number of carbonyl (C=O) groups excluding carboxylic acids is 1. The van der Waals surface area contributed by atoms with E-state index in [4.69, 9.17) is 0 Å². The van der Waals surface area contributed by atoms with E-state index in [1.807, 2.05) is 0 Å². The molecule has 0 fully saturated rings. The molecule has 12 heavy (non-hydrogen) atoms. The van der Waals surface area contributed by atoms with Gasteiger partial charge in [0.15, 0.2) is 6.17 Å². The van der Waals surface area contributed by atoms with Crippen molar-refractivity contribution in [1.82, 2.24) is 4.98 Å². The molecule has 0 radical (unpaired) electrons. The van der Waals surface area contributed by atoms with Crippen molar-refractivity contribution >= 4 is 11.6 Å². The van der Waals surface area contributed by atoms with E-state index in [1.165, 1.54) is 19.3 Å². The van der Waals surface area contributed by atoms with Gasteiger partial charge in [0, 0.05) is 18.1 Å². The Morgan fingerprint density at radius 2 is 2.17 bits per heavy atom. The van der Waals surface area contributed by atoms with E-state index in [-0.39, 0.29) is 0 Å². The van der Waals surface area contributed by atoms with E-state index in [1.54, 1.807) is 12.1 Å². The maximum atomic E-state index is 12.4. The van der Waals surface area contributed by atoms with Gasteiger partial charge in [0.05, 0.1) is 0 Å². The lowest BCUT2D eigenvalue weighted by Gasteiger charge is -2.03. The van der Waals surface area contributed by atoms with Crippen LogP contribution < -0.4 is 5.32 Å². The molecule has 1 atom stereocenters. The molecule has 1 unspecified atom stereocenters. The third-order valence-corrected chi connectivity index (χ3v) is 1.31. The van der Waals surface area contributed by atoms with Crippen LogP contribution in [-0.4, -0.2) is 17.1 Å². The molecular formula is C8H9FN2O. The first-order valence-corrected chi connectivity index (χ1v) is 3.55. The van der Waals surface area contributed by atoms with E-state index in [0.717, 1.165) is 0 Å². The van der Waals surface area contributed by atoms with Crippen LogP contribution in [0.15, 0.2) is 24.5 Å². The summed E-state index contributed by atoms with van der Waals surface area (Å²) in [5, 5.41) is 2.39. The van der Waals surface area contributed by atoms with Crippen molar-refractivity contribution in [3.8, 4) is 0 Å². The minimum atomic E-state index is -1.49. The Labute approximate surface area is 69.6 Å². The number of rotatable bonds is 2. The van der Waals surface area contributed by atoms with E-state index < -0.39 is 12.1 Å². The average molecular weight is 168 g/mol. The summed E-state index contributed by atoms with van der Waals surface area (Å²) in [7, 11) is 0. The highest BCUT2D eigenvalue weighted by Gasteiger charge is 2.09. The Kier molecular flexibility index (Phi) is 2.74. The average Bonchev–Trinajstić information content (AvgIpc) is 2.06. The molecule has 1 N–H and O–H groups in total. The molecule has 1 aromatic heterocycles. The van der Waals surface area contributed by atoms with Crippen LogP contribution in [0.1, 0.15) is 6.92 Å². The van der Waals surface area contributed by atoms with Crippen LogP contribution in [0.3, 0.4) is 0 Å². The van der Waals surface area contributed by atoms with Crippen LogP contribution in [0.4, 0.5) is 10.1 Å². The molecule has 0 spiro atoms. The van der Waals surface area contributed by atoms with Crippen LogP contribution in [0, 0.1) is 0 Å². The standard InChI is InChI=1S/C8H9FN2O/c1-6(9)8(12)11-7-2-4-10-5-3-7/h2-6H,1H3,(H,10,11,12). The molecule has 3 nitrogen and oxygen atoms in total. The Morgan fingerprint density at radius 3 is 2.67 bits per heavy atom. The van der Waals surface area contributed by atoms with E-state index in [2.05, 4.69) is 10.3 Å². The lowest BCUT2D eigenvalue weighted by Crippen LogP contribution is -2.20. The minimum Gasteiger partial charge on any atom is -0.323 e. The van der Waals surface area contributed by atoms with Gasteiger partial charge >= 0.3 is 0 Å². The molecule has 0 aliphatic carbocycles. The first-order chi connectivity index (χ1) is 5.70. The van der Waals surface area contributed by atoms with Gasteiger partial charge in [0.2, 0.25) is 0 Å². The highest BCUT2D eigenvalue weighted by molar-refractivity contribution is 5.93. The third-order valence-electron chi connectivity index (χ3n) is 1.31. The van der Waals surface area contributed by atoms with Crippen molar-refractivity contribution in [1.29, 1.82) is 0 Å². The van der Waals surface area contributed by atoms with Crippen LogP contribution >= 0.6 is 0 Å². The second-order valence-electron chi connectivity index (χ2n) is 2.34.